The van der Waals surface area contributed by atoms with Crippen LogP contribution in [0.4, 0.5) is 27.6 Å². The summed E-state index contributed by atoms with van der Waals surface area (Å²) in [6, 6.07) is 6.18. The van der Waals surface area contributed by atoms with Crippen molar-refractivity contribution in [1.82, 2.24) is 0 Å². The zero-order valence-electron chi connectivity index (χ0n) is 10.3. The Morgan fingerprint density at radius 1 is 0.952 bits per heavy atom. The van der Waals surface area contributed by atoms with E-state index in [9.17, 15) is 22.0 Å². The van der Waals surface area contributed by atoms with E-state index in [1.54, 1.807) is 0 Å². The van der Waals surface area contributed by atoms with Crippen LogP contribution in [-0.4, -0.2) is 6.21 Å². The molecule has 21 heavy (non-hydrogen) atoms. The Hall–Kier alpha value is -1.95. The third kappa shape index (κ3) is 3.78. The van der Waals surface area contributed by atoms with Crippen molar-refractivity contribution in [3.63, 3.8) is 0 Å². The number of rotatable bonds is 2. The van der Waals surface area contributed by atoms with Crippen molar-refractivity contribution < 1.29 is 22.0 Å². The first-order valence-electron chi connectivity index (χ1n) is 5.63. The molecule has 0 aliphatic rings. The highest BCUT2D eigenvalue weighted by atomic mass is 35.5. The van der Waals surface area contributed by atoms with Crippen LogP contribution < -0.4 is 0 Å². The SMILES string of the molecule is Fc1ccc(C=Nc2ccc(Cl)c(C(F)(F)F)c2)cc1F. The molecule has 0 aromatic heterocycles. The molecule has 0 saturated carbocycles. The molecular weight excluding hydrogens is 313 g/mol. The number of hydrogen-bond donors (Lipinski definition) is 0. The molecule has 0 atom stereocenters. The van der Waals surface area contributed by atoms with Crippen LogP contribution in [0.15, 0.2) is 41.4 Å². The first-order chi connectivity index (χ1) is 9.77. The van der Waals surface area contributed by atoms with E-state index in [2.05, 4.69) is 4.99 Å². The maximum Gasteiger partial charge on any atom is 0.417 e. The van der Waals surface area contributed by atoms with Crippen LogP contribution in [0.25, 0.3) is 0 Å². The highest BCUT2D eigenvalue weighted by Gasteiger charge is 2.33. The van der Waals surface area contributed by atoms with E-state index in [4.69, 9.17) is 11.6 Å². The third-order valence-corrected chi connectivity index (χ3v) is 2.89. The van der Waals surface area contributed by atoms with Crippen molar-refractivity contribution in [2.75, 3.05) is 0 Å². The summed E-state index contributed by atoms with van der Waals surface area (Å²) >= 11 is 5.47. The Bertz CT molecular complexity index is 694. The molecule has 0 fully saturated rings. The molecule has 0 heterocycles. The van der Waals surface area contributed by atoms with E-state index in [1.165, 1.54) is 12.1 Å². The van der Waals surface area contributed by atoms with E-state index in [1.807, 2.05) is 0 Å². The highest BCUT2D eigenvalue weighted by molar-refractivity contribution is 6.31. The average molecular weight is 320 g/mol. The fraction of sp³-hybridized carbons (Fsp3) is 0.0714. The van der Waals surface area contributed by atoms with E-state index in [0.29, 0.717) is 0 Å². The number of benzene rings is 2. The lowest BCUT2D eigenvalue weighted by atomic mass is 10.2. The summed E-state index contributed by atoms with van der Waals surface area (Å²) in [7, 11) is 0. The Labute approximate surface area is 121 Å². The van der Waals surface area contributed by atoms with Gasteiger partial charge >= 0.3 is 6.18 Å². The van der Waals surface area contributed by atoms with Crippen molar-refractivity contribution in [3.8, 4) is 0 Å². The molecule has 2 aromatic rings. The number of alkyl halides is 3. The maximum atomic E-state index is 13.0. The van der Waals surface area contributed by atoms with Crippen molar-refractivity contribution >= 4 is 23.5 Å². The second-order valence-electron chi connectivity index (χ2n) is 4.09. The Morgan fingerprint density at radius 3 is 2.29 bits per heavy atom. The van der Waals surface area contributed by atoms with Gasteiger partial charge in [0.2, 0.25) is 0 Å². The van der Waals surface area contributed by atoms with Gasteiger partial charge in [-0.2, -0.15) is 13.2 Å². The second kappa shape index (κ2) is 5.81. The molecule has 0 aliphatic heterocycles. The fourth-order valence-corrected chi connectivity index (χ4v) is 1.78. The summed E-state index contributed by atoms with van der Waals surface area (Å²) in [4.78, 5) is 3.79. The molecular formula is C14H7ClF5N. The first-order valence-corrected chi connectivity index (χ1v) is 6.01. The van der Waals surface area contributed by atoms with Crippen LogP contribution in [-0.2, 0) is 6.18 Å². The van der Waals surface area contributed by atoms with Crippen molar-refractivity contribution in [2.45, 2.75) is 6.18 Å². The summed E-state index contributed by atoms with van der Waals surface area (Å²) in [6.07, 6.45) is -3.46. The highest BCUT2D eigenvalue weighted by Crippen LogP contribution is 2.36. The predicted octanol–water partition coefficient (Wildman–Crippen LogP) is 5.39. The van der Waals surface area contributed by atoms with Gasteiger partial charge in [0.1, 0.15) is 0 Å². The maximum absolute atomic E-state index is 13.0. The second-order valence-corrected chi connectivity index (χ2v) is 4.50. The lowest BCUT2D eigenvalue weighted by Gasteiger charge is -2.09. The standard InChI is InChI=1S/C14H7ClF5N/c15-11-3-2-9(6-10(11)14(18,19)20)21-7-8-1-4-12(16)13(17)5-8/h1-7H. The lowest BCUT2D eigenvalue weighted by Crippen LogP contribution is -2.05. The first kappa shape index (κ1) is 15.4. The van der Waals surface area contributed by atoms with Gasteiger partial charge in [0, 0.05) is 6.21 Å². The molecule has 0 spiro atoms. The van der Waals surface area contributed by atoms with E-state index in [-0.39, 0.29) is 11.3 Å². The Balaban J connectivity index is 2.31. The molecule has 2 rings (SSSR count). The van der Waals surface area contributed by atoms with Gasteiger partial charge < -0.3 is 0 Å². The van der Waals surface area contributed by atoms with Gasteiger partial charge in [-0.1, -0.05) is 17.7 Å². The van der Waals surface area contributed by atoms with Crippen LogP contribution in [0.2, 0.25) is 5.02 Å². The van der Waals surface area contributed by atoms with E-state index >= 15 is 0 Å². The van der Waals surface area contributed by atoms with Crippen LogP contribution >= 0.6 is 11.6 Å². The Morgan fingerprint density at radius 2 is 1.67 bits per heavy atom. The molecule has 1 nitrogen and oxygen atoms in total. The molecule has 0 amide bonds. The Kier molecular flexibility index (Phi) is 4.27. The quantitative estimate of drug-likeness (QED) is 0.520. The molecule has 7 heteroatoms. The molecule has 0 saturated heterocycles. The molecule has 0 radical (unpaired) electrons. The summed E-state index contributed by atoms with van der Waals surface area (Å²) < 4.78 is 63.7. The third-order valence-electron chi connectivity index (χ3n) is 2.56. The van der Waals surface area contributed by atoms with Crippen LogP contribution in [0.5, 0.6) is 0 Å². The smallest absolute Gasteiger partial charge is 0.256 e. The molecule has 0 unspecified atom stereocenters. The molecule has 0 N–H and O–H groups in total. The van der Waals surface area contributed by atoms with Gasteiger partial charge in [-0.25, -0.2) is 8.78 Å². The predicted molar refractivity (Wildman–Crippen MR) is 70.1 cm³/mol. The van der Waals surface area contributed by atoms with Gasteiger partial charge in [-0.15, -0.1) is 0 Å². The summed E-state index contributed by atoms with van der Waals surface area (Å²) in [6.45, 7) is 0. The average Bonchev–Trinajstić information content (AvgIpc) is 2.40. The normalized spacial score (nSPS) is 12.1. The van der Waals surface area contributed by atoms with Crippen LogP contribution in [0.3, 0.4) is 0 Å². The molecule has 0 bridgehead atoms. The van der Waals surface area contributed by atoms with E-state index in [0.717, 1.165) is 30.5 Å². The minimum atomic E-state index is -4.59. The summed E-state index contributed by atoms with van der Waals surface area (Å²) in [5.41, 5.74) is -0.794. The topological polar surface area (TPSA) is 12.4 Å². The van der Waals surface area contributed by atoms with Crippen LogP contribution in [0.1, 0.15) is 11.1 Å². The zero-order chi connectivity index (χ0) is 15.6. The number of halogens is 6. The van der Waals surface area contributed by atoms with Crippen molar-refractivity contribution in [2.24, 2.45) is 4.99 Å². The monoisotopic (exact) mass is 319 g/mol. The largest absolute Gasteiger partial charge is 0.417 e. The van der Waals surface area contributed by atoms with Gasteiger partial charge in [0.05, 0.1) is 16.3 Å². The van der Waals surface area contributed by atoms with Crippen molar-refractivity contribution in [1.29, 1.82) is 0 Å². The lowest BCUT2D eigenvalue weighted by molar-refractivity contribution is -0.137. The number of aliphatic imine (C=N–C) groups is 1. The fourth-order valence-electron chi connectivity index (χ4n) is 1.55. The zero-order valence-corrected chi connectivity index (χ0v) is 11.0. The minimum absolute atomic E-state index is 0.00328. The molecule has 110 valence electrons. The van der Waals surface area contributed by atoms with Gasteiger partial charge in [0.25, 0.3) is 0 Å². The minimum Gasteiger partial charge on any atom is -0.256 e. The summed E-state index contributed by atoms with van der Waals surface area (Å²) in [5.74, 6) is -2.08. The molecule has 2 aromatic carbocycles. The van der Waals surface area contributed by atoms with Gasteiger partial charge in [-0.05, 0) is 35.9 Å². The van der Waals surface area contributed by atoms with E-state index < -0.39 is 28.4 Å². The number of nitrogens with zero attached hydrogens (tertiary/aromatic N) is 1. The van der Waals surface area contributed by atoms with Gasteiger partial charge in [0.15, 0.2) is 11.6 Å². The van der Waals surface area contributed by atoms with Crippen LogP contribution in [0, 0.1) is 11.6 Å². The number of hydrogen-bond acceptors (Lipinski definition) is 1. The molecule has 0 aliphatic carbocycles. The summed E-state index contributed by atoms with van der Waals surface area (Å²) in [5, 5.41) is -0.436. The van der Waals surface area contributed by atoms with Gasteiger partial charge in [-0.3, -0.25) is 4.99 Å². The van der Waals surface area contributed by atoms with Crippen molar-refractivity contribution in [3.05, 3.63) is 64.2 Å².